The quantitative estimate of drug-likeness (QED) is 0.292. The van der Waals surface area contributed by atoms with Gasteiger partial charge in [-0.05, 0) is 54.7 Å². The van der Waals surface area contributed by atoms with Crippen molar-refractivity contribution in [2.45, 2.75) is 33.7 Å². The Balaban J connectivity index is 1.55. The average molecular weight is 500 g/mol. The molecule has 0 saturated heterocycles. The molecule has 0 unspecified atom stereocenters. The Hall–Kier alpha value is -3.93. The zero-order valence-corrected chi connectivity index (χ0v) is 21.7. The summed E-state index contributed by atoms with van der Waals surface area (Å²) in [6.07, 6.45) is 2.68. The maximum atomic E-state index is 13.8. The molecule has 192 valence electrons. The molecule has 37 heavy (non-hydrogen) atoms. The van der Waals surface area contributed by atoms with Crippen molar-refractivity contribution in [1.29, 1.82) is 0 Å². The second kappa shape index (κ2) is 11.9. The van der Waals surface area contributed by atoms with Crippen LogP contribution in [0.25, 0.3) is 10.9 Å². The smallest absolute Gasteiger partial charge is 0.254 e. The molecule has 0 spiro atoms. The summed E-state index contributed by atoms with van der Waals surface area (Å²) < 4.78 is 13.8. The molecule has 0 atom stereocenters. The van der Waals surface area contributed by atoms with Gasteiger partial charge in [0.05, 0.1) is 0 Å². The zero-order valence-electron chi connectivity index (χ0n) is 21.7. The first-order valence-corrected chi connectivity index (χ1v) is 12.7. The number of nitrogens with zero attached hydrogens (tertiary/aromatic N) is 2. The number of halogens is 1. The van der Waals surface area contributed by atoms with E-state index in [4.69, 9.17) is 0 Å². The topological polar surface area (TPSA) is 56.4 Å². The third-order valence-corrected chi connectivity index (χ3v) is 6.44. The molecular weight excluding hydrogens is 465 g/mol. The average Bonchev–Trinajstić information content (AvgIpc) is 3.29. The highest BCUT2D eigenvalue weighted by Gasteiger charge is 2.24. The van der Waals surface area contributed by atoms with E-state index in [1.165, 1.54) is 23.1 Å². The van der Waals surface area contributed by atoms with Crippen LogP contribution in [0.1, 0.15) is 40.9 Å². The van der Waals surface area contributed by atoms with E-state index < -0.39 is 5.82 Å². The Bertz CT molecular complexity index is 1360. The van der Waals surface area contributed by atoms with Crippen LogP contribution in [0.5, 0.6) is 0 Å². The van der Waals surface area contributed by atoms with Crippen LogP contribution in [-0.2, 0) is 17.8 Å². The van der Waals surface area contributed by atoms with Gasteiger partial charge in [-0.2, -0.15) is 0 Å². The normalized spacial score (nSPS) is 11.2. The van der Waals surface area contributed by atoms with Crippen molar-refractivity contribution in [3.8, 4) is 0 Å². The first-order chi connectivity index (χ1) is 17.8. The summed E-state index contributed by atoms with van der Waals surface area (Å²) in [6.45, 7) is 7.33. The molecule has 0 fully saturated rings. The Kier molecular flexibility index (Phi) is 8.39. The summed E-state index contributed by atoms with van der Waals surface area (Å²) in [7, 11) is 0. The third-order valence-electron chi connectivity index (χ3n) is 6.44. The number of aromatic amines is 1. The first kappa shape index (κ1) is 26.1. The Morgan fingerprint density at radius 2 is 1.70 bits per heavy atom. The Labute approximate surface area is 217 Å². The lowest BCUT2D eigenvalue weighted by molar-refractivity contribution is -0.132. The van der Waals surface area contributed by atoms with Gasteiger partial charge in [0, 0.05) is 42.3 Å². The maximum Gasteiger partial charge on any atom is 0.254 e. The van der Waals surface area contributed by atoms with Gasteiger partial charge in [0.15, 0.2) is 0 Å². The minimum Gasteiger partial charge on any atom is -0.361 e. The molecule has 0 bridgehead atoms. The van der Waals surface area contributed by atoms with Crippen molar-refractivity contribution in [2.75, 3.05) is 19.6 Å². The molecule has 1 N–H and O–H groups in total. The predicted octanol–water partition coefficient (Wildman–Crippen LogP) is 5.99. The molecule has 2 amide bonds. The van der Waals surface area contributed by atoms with Crippen molar-refractivity contribution in [2.24, 2.45) is 5.92 Å². The fraction of sp³-hybridized carbons (Fsp3) is 0.290. The van der Waals surface area contributed by atoms with Crippen LogP contribution in [0.4, 0.5) is 4.39 Å². The molecular formula is C31H34FN3O2. The number of nitrogens with one attached hydrogen (secondary N) is 1. The molecule has 1 aromatic heterocycles. The predicted molar refractivity (Wildman–Crippen MR) is 146 cm³/mol. The number of H-pyrrole nitrogens is 1. The highest BCUT2D eigenvalue weighted by molar-refractivity contribution is 5.96. The monoisotopic (exact) mass is 499 g/mol. The molecule has 0 aliphatic rings. The lowest BCUT2D eigenvalue weighted by atomic mass is 10.1. The van der Waals surface area contributed by atoms with Gasteiger partial charge in [0.2, 0.25) is 5.91 Å². The summed E-state index contributed by atoms with van der Waals surface area (Å²) in [4.78, 5) is 33.6. The van der Waals surface area contributed by atoms with Gasteiger partial charge >= 0.3 is 0 Å². The molecule has 3 aromatic carbocycles. The fourth-order valence-electron chi connectivity index (χ4n) is 4.53. The molecule has 4 aromatic rings. The van der Waals surface area contributed by atoms with Gasteiger partial charge in [-0.1, -0.05) is 67.9 Å². The summed E-state index contributed by atoms with van der Waals surface area (Å²) in [5.74, 6) is -0.789. The van der Waals surface area contributed by atoms with Crippen LogP contribution in [-0.4, -0.2) is 46.2 Å². The second-order valence-electron chi connectivity index (χ2n) is 10.0. The van der Waals surface area contributed by atoms with Gasteiger partial charge < -0.3 is 14.8 Å². The Morgan fingerprint density at radius 3 is 2.43 bits per heavy atom. The SMILES string of the molecule is Cc1ccc(CN(CCc2c[nH]c3ccccc23)C(=O)CN(CC(C)C)C(=O)c2cccc(F)c2)cc1. The number of carbonyl (C=O) groups is 2. The Morgan fingerprint density at radius 1 is 0.946 bits per heavy atom. The van der Waals surface area contributed by atoms with Crippen molar-refractivity contribution in [3.63, 3.8) is 0 Å². The van der Waals surface area contributed by atoms with E-state index in [1.807, 2.05) is 74.3 Å². The first-order valence-electron chi connectivity index (χ1n) is 12.7. The summed E-state index contributed by atoms with van der Waals surface area (Å²) in [5.41, 5.74) is 4.65. The number of benzene rings is 3. The van der Waals surface area contributed by atoms with Crippen LogP contribution in [0.3, 0.4) is 0 Å². The fourth-order valence-corrected chi connectivity index (χ4v) is 4.53. The van der Waals surface area contributed by atoms with E-state index in [-0.39, 0.29) is 29.8 Å². The van der Waals surface area contributed by atoms with Gasteiger partial charge in [-0.15, -0.1) is 0 Å². The van der Waals surface area contributed by atoms with Crippen molar-refractivity contribution < 1.29 is 14.0 Å². The summed E-state index contributed by atoms with van der Waals surface area (Å²) in [5, 5.41) is 1.15. The molecule has 5 nitrogen and oxygen atoms in total. The van der Waals surface area contributed by atoms with Crippen LogP contribution >= 0.6 is 0 Å². The molecule has 6 heteroatoms. The van der Waals surface area contributed by atoms with Gasteiger partial charge in [0.1, 0.15) is 12.4 Å². The summed E-state index contributed by atoms with van der Waals surface area (Å²) >= 11 is 0. The van der Waals surface area contributed by atoms with Crippen LogP contribution < -0.4 is 0 Å². The van der Waals surface area contributed by atoms with E-state index in [0.29, 0.717) is 26.1 Å². The molecule has 0 saturated carbocycles. The van der Waals surface area contributed by atoms with E-state index in [1.54, 1.807) is 6.07 Å². The largest absolute Gasteiger partial charge is 0.361 e. The number of hydrogen-bond acceptors (Lipinski definition) is 2. The number of aryl methyl sites for hydroxylation is 1. The molecule has 0 radical (unpaired) electrons. The van der Waals surface area contributed by atoms with Crippen molar-refractivity contribution >= 4 is 22.7 Å². The molecule has 0 aliphatic heterocycles. The van der Waals surface area contributed by atoms with Crippen molar-refractivity contribution in [3.05, 3.63) is 107 Å². The third kappa shape index (κ3) is 6.85. The number of amides is 2. The van der Waals surface area contributed by atoms with Gasteiger partial charge in [-0.25, -0.2) is 4.39 Å². The van der Waals surface area contributed by atoms with E-state index in [2.05, 4.69) is 11.1 Å². The van der Waals surface area contributed by atoms with Crippen molar-refractivity contribution in [1.82, 2.24) is 14.8 Å². The van der Waals surface area contributed by atoms with E-state index >= 15 is 0 Å². The van der Waals surface area contributed by atoms with Crippen LogP contribution in [0, 0.1) is 18.7 Å². The molecule has 4 rings (SSSR count). The van der Waals surface area contributed by atoms with Crippen LogP contribution in [0.15, 0.2) is 79.0 Å². The highest BCUT2D eigenvalue weighted by atomic mass is 19.1. The number of carbonyl (C=O) groups excluding carboxylic acids is 2. The molecule has 1 heterocycles. The van der Waals surface area contributed by atoms with Crippen LogP contribution in [0.2, 0.25) is 0 Å². The van der Waals surface area contributed by atoms with E-state index in [0.717, 1.165) is 27.6 Å². The number of rotatable bonds is 10. The lowest BCUT2D eigenvalue weighted by Crippen LogP contribution is -2.44. The minimum absolute atomic E-state index is 0.0622. The standard InChI is InChI=1S/C31H34FN3O2/c1-22(2)19-35(31(37)25-7-6-8-27(32)17-25)21-30(36)34(20-24-13-11-23(3)12-14-24)16-15-26-18-33-29-10-5-4-9-28(26)29/h4-14,17-18,22,33H,15-16,19-21H2,1-3H3. The van der Waals surface area contributed by atoms with Gasteiger partial charge in [0.25, 0.3) is 5.91 Å². The number of aromatic nitrogens is 1. The number of hydrogen-bond donors (Lipinski definition) is 1. The van der Waals surface area contributed by atoms with Gasteiger partial charge in [-0.3, -0.25) is 9.59 Å². The zero-order chi connectivity index (χ0) is 26.4. The van der Waals surface area contributed by atoms with E-state index in [9.17, 15) is 14.0 Å². The maximum absolute atomic E-state index is 13.8. The number of fused-ring (bicyclic) bond motifs is 1. The minimum atomic E-state index is -0.471. The number of para-hydroxylation sites is 1. The second-order valence-corrected chi connectivity index (χ2v) is 10.0. The summed E-state index contributed by atoms with van der Waals surface area (Å²) in [6, 6.07) is 21.9. The lowest BCUT2D eigenvalue weighted by Gasteiger charge is -2.29. The molecule has 0 aliphatic carbocycles. The highest BCUT2D eigenvalue weighted by Crippen LogP contribution is 2.19.